The van der Waals surface area contributed by atoms with Crippen LogP contribution in [0.3, 0.4) is 0 Å². The highest BCUT2D eigenvalue weighted by atomic mass is 35.5. The van der Waals surface area contributed by atoms with Crippen molar-refractivity contribution < 1.29 is 13.9 Å². The minimum absolute atomic E-state index is 0.0186. The highest BCUT2D eigenvalue weighted by molar-refractivity contribution is 6.33. The number of halogens is 3. The topological polar surface area (TPSA) is 87.9 Å². The van der Waals surface area contributed by atoms with Gasteiger partial charge < -0.3 is 15.7 Å². The van der Waals surface area contributed by atoms with Crippen molar-refractivity contribution in [1.82, 2.24) is 19.5 Å². The van der Waals surface area contributed by atoms with Crippen LogP contribution in [0.15, 0.2) is 48.7 Å². The van der Waals surface area contributed by atoms with Gasteiger partial charge in [-0.2, -0.15) is 4.98 Å². The average molecular weight is 459 g/mol. The molecule has 0 radical (unpaired) electrons. The van der Waals surface area contributed by atoms with Gasteiger partial charge in [0, 0.05) is 0 Å². The molecule has 1 unspecified atom stereocenters. The minimum Gasteiger partial charge on any atom is -0.388 e. The summed E-state index contributed by atoms with van der Waals surface area (Å²) in [4.78, 5) is 13.1. The maximum atomic E-state index is 14.1. The maximum Gasteiger partial charge on any atom is 0.229 e. The summed E-state index contributed by atoms with van der Waals surface area (Å²) in [5, 5.41) is 16.9. The quantitative estimate of drug-likeness (QED) is 0.350. The Labute approximate surface area is 188 Å². The van der Waals surface area contributed by atoms with Crippen molar-refractivity contribution in [2.24, 2.45) is 0 Å². The summed E-state index contributed by atoms with van der Waals surface area (Å²) in [6, 6.07) is 10.2. The van der Waals surface area contributed by atoms with Crippen molar-refractivity contribution in [3.8, 4) is 0 Å². The number of aromatic nitrogens is 4. The van der Waals surface area contributed by atoms with Crippen molar-refractivity contribution in [2.45, 2.75) is 32.4 Å². The van der Waals surface area contributed by atoms with E-state index in [-0.39, 0.29) is 11.6 Å². The first kappa shape index (κ1) is 21.9. The monoisotopic (exact) mass is 458 g/mol. The van der Waals surface area contributed by atoms with Gasteiger partial charge in [0.1, 0.15) is 22.8 Å². The number of aliphatic hydroxyl groups is 1. The van der Waals surface area contributed by atoms with Crippen LogP contribution in [-0.2, 0) is 0 Å². The standard InChI is InChI=1S/C22H21ClF2N6O/c1-12(22(2,3)32)31-19-17(28-21(31)27-16-10-5-4-7-13(16)23)11-26-20(30-19)29-18-14(24)8-6-9-15(18)25/h4-12,32H,1-3H3,(H,27,28)(H,26,29,30). The maximum absolute atomic E-state index is 14.1. The van der Waals surface area contributed by atoms with E-state index in [1.54, 1.807) is 36.6 Å². The number of nitrogens with one attached hydrogen (secondary N) is 2. The van der Waals surface area contributed by atoms with Gasteiger partial charge >= 0.3 is 0 Å². The number of para-hydroxylation sites is 2. The minimum atomic E-state index is -1.14. The molecule has 3 N–H and O–H groups in total. The lowest BCUT2D eigenvalue weighted by molar-refractivity contribution is 0.0325. The van der Waals surface area contributed by atoms with Gasteiger partial charge in [0.2, 0.25) is 11.9 Å². The Balaban J connectivity index is 1.83. The molecule has 7 nitrogen and oxygen atoms in total. The van der Waals surface area contributed by atoms with Gasteiger partial charge in [0.05, 0.1) is 28.5 Å². The van der Waals surface area contributed by atoms with Gasteiger partial charge in [0.15, 0.2) is 5.65 Å². The van der Waals surface area contributed by atoms with Crippen LogP contribution in [-0.4, -0.2) is 30.2 Å². The molecule has 0 amide bonds. The lowest BCUT2D eigenvalue weighted by atomic mass is 10.0. The largest absolute Gasteiger partial charge is 0.388 e. The first-order chi connectivity index (χ1) is 15.1. The molecule has 2 aromatic heterocycles. The van der Waals surface area contributed by atoms with Crippen molar-refractivity contribution in [3.05, 3.63) is 65.3 Å². The van der Waals surface area contributed by atoms with E-state index in [1.165, 1.54) is 12.3 Å². The zero-order chi connectivity index (χ0) is 23.0. The van der Waals surface area contributed by atoms with Crippen LogP contribution in [0, 0.1) is 11.6 Å². The summed E-state index contributed by atoms with van der Waals surface area (Å²) in [5.74, 6) is -1.18. The summed E-state index contributed by atoms with van der Waals surface area (Å²) in [6.07, 6.45) is 1.44. The Morgan fingerprint density at radius 3 is 2.38 bits per heavy atom. The van der Waals surface area contributed by atoms with Gasteiger partial charge in [-0.3, -0.25) is 4.57 Å². The van der Waals surface area contributed by atoms with Crippen LogP contribution in [0.4, 0.5) is 32.1 Å². The summed E-state index contributed by atoms with van der Waals surface area (Å²) < 4.78 is 29.8. The van der Waals surface area contributed by atoms with Gasteiger partial charge in [-0.25, -0.2) is 18.7 Å². The fourth-order valence-electron chi connectivity index (χ4n) is 3.13. The smallest absolute Gasteiger partial charge is 0.229 e. The summed E-state index contributed by atoms with van der Waals surface area (Å²) in [6.45, 7) is 5.14. The second-order valence-electron chi connectivity index (χ2n) is 7.86. The van der Waals surface area contributed by atoms with Gasteiger partial charge in [-0.1, -0.05) is 29.8 Å². The number of rotatable bonds is 6. The first-order valence-electron chi connectivity index (χ1n) is 9.85. The van der Waals surface area contributed by atoms with E-state index >= 15 is 0 Å². The molecule has 0 saturated heterocycles. The fraction of sp³-hybridized carbons (Fsp3) is 0.227. The number of hydrogen-bond donors (Lipinski definition) is 3. The summed E-state index contributed by atoms with van der Waals surface area (Å²) in [7, 11) is 0. The van der Waals surface area contributed by atoms with Crippen LogP contribution in [0.2, 0.25) is 5.02 Å². The van der Waals surface area contributed by atoms with E-state index in [4.69, 9.17) is 11.6 Å². The molecule has 0 aliphatic heterocycles. The number of hydrogen-bond acceptors (Lipinski definition) is 6. The Morgan fingerprint density at radius 1 is 1.03 bits per heavy atom. The van der Waals surface area contributed by atoms with E-state index in [9.17, 15) is 13.9 Å². The van der Waals surface area contributed by atoms with E-state index in [1.807, 2.05) is 13.0 Å². The van der Waals surface area contributed by atoms with E-state index in [0.29, 0.717) is 27.8 Å². The molecule has 0 saturated carbocycles. The van der Waals surface area contributed by atoms with E-state index in [2.05, 4.69) is 25.6 Å². The third-order valence-electron chi connectivity index (χ3n) is 5.16. The van der Waals surface area contributed by atoms with E-state index < -0.39 is 23.3 Å². The Kier molecular flexibility index (Phi) is 5.70. The molecule has 32 heavy (non-hydrogen) atoms. The highest BCUT2D eigenvalue weighted by Crippen LogP contribution is 2.33. The molecule has 10 heteroatoms. The second kappa shape index (κ2) is 8.33. The number of fused-ring (bicyclic) bond motifs is 1. The van der Waals surface area contributed by atoms with E-state index in [0.717, 1.165) is 12.1 Å². The number of imidazole rings is 1. The van der Waals surface area contributed by atoms with Crippen molar-refractivity contribution >= 4 is 46.0 Å². The molecule has 0 aliphatic carbocycles. The fourth-order valence-corrected chi connectivity index (χ4v) is 3.32. The lowest BCUT2D eigenvalue weighted by Crippen LogP contribution is -2.31. The van der Waals surface area contributed by atoms with Gasteiger partial charge in [-0.15, -0.1) is 0 Å². The van der Waals surface area contributed by atoms with Gasteiger partial charge in [0.25, 0.3) is 0 Å². The average Bonchev–Trinajstić information content (AvgIpc) is 3.08. The zero-order valence-electron chi connectivity index (χ0n) is 17.6. The predicted octanol–water partition coefficient (Wildman–Crippen LogP) is 5.58. The molecule has 0 bridgehead atoms. The molecule has 166 valence electrons. The third kappa shape index (κ3) is 4.21. The van der Waals surface area contributed by atoms with Crippen molar-refractivity contribution in [1.29, 1.82) is 0 Å². The first-order valence-corrected chi connectivity index (χ1v) is 10.2. The summed E-state index contributed by atoms with van der Waals surface area (Å²) >= 11 is 6.28. The molecule has 1 atom stereocenters. The predicted molar refractivity (Wildman–Crippen MR) is 121 cm³/mol. The summed E-state index contributed by atoms with van der Waals surface area (Å²) in [5.41, 5.74) is -0.0873. The molecule has 2 aromatic carbocycles. The van der Waals surface area contributed by atoms with Crippen molar-refractivity contribution in [3.63, 3.8) is 0 Å². The highest BCUT2D eigenvalue weighted by Gasteiger charge is 2.29. The van der Waals surface area contributed by atoms with Crippen LogP contribution in [0.25, 0.3) is 11.2 Å². The Hall–Kier alpha value is -3.30. The zero-order valence-corrected chi connectivity index (χ0v) is 18.3. The van der Waals surface area contributed by atoms with Crippen LogP contribution in [0.5, 0.6) is 0 Å². The van der Waals surface area contributed by atoms with Crippen LogP contribution < -0.4 is 10.6 Å². The molecular formula is C22H21ClF2N6O. The number of anilines is 4. The second-order valence-corrected chi connectivity index (χ2v) is 8.27. The molecule has 4 rings (SSSR count). The molecular weight excluding hydrogens is 438 g/mol. The van der Waals surface area contributed by atoms with Crippen molar-refractivity contribution in [2.75, 3.05) is 10.6 Å². The Morgan fingerprint density at radius 2 is 1.72 bits per heavy atom. The number of nitrogens with zero attached hydrogens (tertiary/aromatic N) is 4. The Bertz CT molecular complexity index is 1270. The van der Waals surface area contributed by atoms with Gasteiger partial charge in [-0.05, 0) is 45.0 Å². The van der Waals surface area contributed by atoms with Crippen LogP contribution in [0.1, 0.15) is 26.8 Å². The molecule has 4 aromatic rings. The normalized spacial score (nSPS) is 12.7. The van der Waals surface area contributed by atoms with Crippen LogP contribution >= 0.6 is 11.6 Å². The molecule has 0 aliphatic rings. The SMILES string of the molecule is CC(n1c(Nc2ccccc2Cl)nc2cnc(Nc3c(F)cccc3F)nc21)C(C)(C)O. The molecule has 0 spiro atoms. The molecule has 0 fully saturated rings. The third-order valence-corrected chi connectivity index (χ3v) is 5.49. The molecule has 2 heterocycles. The lowest BCUT2D eigenvalue weighted by Gasteiger charge is -2.28. The number of benzene rings is 2.